The van der Waals surface area contributed by atoms with Crippen LogP contribution in [0.5, 0.6) is 0 Å². The molecule has 94 valence electrons. The molecule has 5 heteroatoms. The zero-order valence-corrected chi connectivity index (χ0v) is 10.0. The number of rotatable bonds is 4. The maximum absolute atomic E-state index is 10.9. The van der Waals surface area contributed by atoms with Crippen molar-refractivity contribution in [3.8, 4) is 0 Å². The molecule has 0 saturated carbocycles. The van der Waals surface area contributed by atoms with Crippen molar-refractivity contribution in [1.82, 2.24) is 4.98 Å². The Bertz CT molecular complexity index is 583. The number of aromatic nitrogens is 1. The van der Waals surface area contributed by atoms with Crippen LogP contribution >= 0.6 is 0 Å². The lowest BCUT2D eigenvalue weighted by molar-refractivity contribution is -0.383. The van der Waals surface area contributed by atoms with E-state index in [0.29, 0.717) is 18.4 Å². The molecule has 1 atom stereocenters. The minimum absolute atomic E-state index is 0.000313. The molecule has 0 amide bonds. The van der Waals surface area contributed by atoms with Crippen molar-refractivity contribution in [2.24, 2.45) is 0 Å². The van der Waals surface area contributed by atoms with Gasteiger partial charge in [-0.05, 0) is 24.5 Å². The van der Waals surface area contributed by atoms with Gasteiger partial charge >= 0.3 is 0 Å². The Morgan fingerprint density at radius 2 is 2.22 bits per heavy atom. The number of hydrogen-bond acceptors (Lipinski definition) is 4. The number of hydrogen-bond donors (Lipinski definition) is 1. The molecule has 0 fully saturated rings. The fraction of sp³-hybridized carbons (Fsp3) is 0.308. The molecule has 0 spiro atoms. The first-order valence-corrected chi connectivity index (χ1v) is 5.82. The molecular weight excluding hydrogens is 232 g/mol. The molecule has 1 heterocycles. The van der Waals surface area contributed by atoms with E-state index in [4.69, 9.17) is 0 Å². The first-order chi connectivity index (χ1) is 8.63. The van der Waals surface area contributed by atoms with E-state index in [1.54, 1.807) is 18.2 Å². The lowest BCUT2D eigenvalue weighted by Gasteiger charge is -2.10. The van der Waals surface area contributed by atoms with Crippen LogP contribution in [0, 0.1) is 10.1 Å². The van der Waals surface area contributed by atoms with Gasteiger partial charge in [0.05, 0.1) is 11.0 Å². The number of non-ortho nitro benzene ring substituents is 1. The molecule has 0 radical (unpaired) electrons. The summed E-state index contributed by atoms with van der Waals surface area (Å²) in [6.45, 7) is 1.90. The standard InChI is InChI=1S/C13H14N2O3/c1-2-10(16)8-9-5-6-12(15(17)18)13-11(9)4-3-7-14-13/h3-7,10,16H,2,8H2,1H3. The highest BCUT2D eigenvalue weighted by atomic mass is 16.6. The number of aliphatic hydroxyl groups is 1. The van der Waals surface area contributed by atoms with Crippen LogP contribution in [-0.4, -0.2) is 21.1 Å². The second-order valence-electron chi connectivity index (χ2n) is 4.17. The minimum Gasteiger partial charge on any atom is -0.393 e. The number of benzene rings is 1. The van der Waals surface area contributed by atoms with Gasteiger partial charge in [0.2, 0.25) is 0 Å². The van der Waals surface area contributed by atoms with Gasteiger partial charge in [0.1, 0.15) is 5.52 Å². The van der Waals surface area contributed by atoms with Crippen LogP contribution in [0.2, 0.25) is 0 Å². The first-order valence-electron chi connectivity index (χ1n) is 5.82. The Labute approximate surface area is 104 Å². The monoisotopic (exact) mass is 246 g/mol. The van der Waals surface area contributed by atoms with Gasteiger partial charge in [0.25, 0.3) is 5.69 Å². The summed E-state index contributed by atoms with van der Waals surface area (Å²) in [5, 5.41) is 21.4. The molecule has 0 saturated heterocycles. The van der Waals surface area contributed by atoms with Gasteiger partial charge in [0.15, 0.2) is 0 Å². The Morgan fingerprint density at radius 1 is 1.44 bits per heavy atom. The van der Waals surface area contributed by atoms with Crippen molar-refractivity contribution >= 4 is 16.6 Å². The number of nitrogens with zero attached hydrogens (tertiary/aromatic N) is 2. The van der Waals surface area contributed by atoms with E-state index in [0.717, 1.165) is 10.9 Å². The molecule has 2 aromatic rings. The van der Waals surface area contributed by atoms with E-state index in [2.05, 4.69) is 4.98 Å². The van der Waals surface area contributed by atoms with E-state index >= 15 is 0 Å². The number of nitro groups is 1. The molecular formula is C13H14N2O3. The fourth-order valence-corrected chi connectivity index (χ4v) is 1.94. The smallest absolute Gasteiger partial charge is 0.295 e. The molecule has 18 heavy (non-hydrogen) atoms. The maximum atomic E-state index is 10.9. The quantitative estimate of drug-likeness (QED) is 0.664. The van der Waals surface area contributed by atoms with E-state index in [9.17, 15) is 15.2 Å². The maximum Gasteiger partial charge on any atom is 0.295 e. The molecule has 0 aliphatic heterocycles. The van der Waals surface area contributed by atoms with Crippen LogP contribution in [0.4, 0.5) is 5.69 Å². The largest absolute Gasteiger partial charge is 0.393 e. The second kappa shape index (κ2) is 5.10. The van der Waals surface area contributed by atoms with Crippen molar-refractivity contribution in [2.75, 3.05) is 0 Å². The summed E-state index contributed by atoms with van der Waals surface area (Å²) < 4.78 is 0. The average Bonchev–Trinajstić information content (AvgIpc) is 2.38. The van der Waals surface area contributed by atoms with Crippen LogP contribution < -0.4 is 0 Å². The van der Waals surface area contributed by atoms with Gasteiger partial charge in [-0.1, -0.05) is 19.1 Å². The second-order valence-corrected chi connectivity index (χ2v) is 4.17. The van der Waals surface area contributed by atoms with Crippen molar-refractivity contribution in [3.05, 3.63) is 46.1 Å². The van der Waals surface area contributed by atoms with Gasteiger partial charge in [-0.2, -0.15) is 0 Å². The van der Waals surface area contributed by atoms with Crippen molar-refractivity contribution < 1.29 is 10.0 Å². The van der Waals surface area contributed by atoms with Gasteiger partial charge < -0.3 is 5.11 Å². The highest BCUT2D eigenvalue weighted by Crippen LogP contribution is 2.27. The number of pyridine rings is 1. The van der Waals surface area contributed by atoms with Crippen LogP contribution in [0.15, 0.2) is 30.5 Å². The van der Waals surface area contributed by atoms with E-state index in [1.165, 1.54) is 12.3 Å². The first kappa shape index (κ1) is 12.4. The Balaban J connectivity index is 2.57. The molecule has 5 nitrogen and oxygen atoms in total. The predicted octanol–water partition coefficient (Wildman–Crippen LogP) is 2.46. The summed E-state index contributed by atoms with van der Waals surface area (Å²) in [5.41, 5.74) is 1.27. The van der Waals surface area contributed by atoms with Crippen LogP contribution in [0.1, 0.15) is 18.9 Å². The van der Waals surface area contributed by atoms with E-state index in [-0.39, 0.29) is 5.69 Å². The van der Waals surface area contributed by atoms with E-state index in [1.807, 2.05) is 6.92 Å². The van der Waals surface area contributed by atoms with Gasteiger partial charge in [-0.25, -0.2) is 4.98 Å². The molecule has 0 aliphatic rings. The normalized spacial score (nSPS) is 12.6. The van der Waals surface area contributed by atoms with Crippen LogP contribution in [-0.2, 0) is 6.42 Å². The number of aliphatic hydroxyl groups excluding tert-OH is 1. The third-order valence-electron chi connectivity index (χ3n) is 2.96. The average molecular weight is 246 g/mol. The third kappa shape index (κ3) is 2.31. The van der Waals surface area contributed by atoms with Crippen LogP contribution in [0.3, 0.4) is 0 Å². The predicted molar refractivity (Wildman–Crippen MR) is 68.4 cm³/mol. The number of fused-ring (bicyclic) bond motifs is 1. The summed E-state index contributed by atoms with van der Waals surface area (Å²) in [5.74, 6) is 0. The van der Waals surface area contributed by atoms with Gasteiger partial charge in [0, 0.05) is 17.6 Å². The molecule has 1 aromatic carbocycles. The summed E-state index contributed by atoms with van der Waals surface area (Å²) in [6.07, 6.45) is 2.24. The molecule has 2 rings (SSSR count). The summed E-state index contributed by atoms with van der Waals surface area (Å²) in [7, 11) is 0. The van der Waals surface area contributed by atoms with Crippen LogP contribution in [0.25, 0.3) is 10.9 Å². The lowest BCUT2D eigenvalue weighted by Crippen LogP contribution is -2.09. The molecule has 0 bridgehead atoms. The Hall–Kier alpha value is -2.01. The van der Waals surface area contributed by atoms with Crippen molar-refractivity contribution in [1.29, 1.82) is 0 Å². The molecule has 0 aliphatic carbocycles. The fourth-order valence-electron chi connectivity index (χ4n) is 1.94. The highest BCUT2D eigenvalue weighted by molar-refractivity contribution is 5.89. The van der Waals surface area contributed by atoms with Gasteiger partial charge in [-0.3, -0.25) is 10.1 Å². The zero-order chi connectivity index (χ0) is 13.1. The highest BCUT2D eigenvalue weighted by Gasteiger charge is 2.16. The molecule has 1 N–H and O–H groups in total. The van der Waals surface area contributed by atoms with E-state index < -0.39 is 11.0 Å². The Kier molecular flexibility index (Phi) is 3.53. The summed E-state index contributed by atoms with van der Waals surface area (Å²) >= 11 is 0. The van der Waals surface area contributed by atoms with Gasteiger partial charge in [-0.15, -0.1) is 0 Å². The Morgan fingerprint density at radius 3 is 2.89 bits per heavy atom. The third-order valence-corrected chi connectivity index (χ3v) is 2.96. The summed E-state index contributed by atoms with van der Waals surface area (Å²) in [6, 6.07) is 6.69. The number of nitro benzene ring substituents is 1. The molecule has 1 aromatic heterocycles. The minimum atomic E-state index is -0.435. The molecule has 1 unspecified atom stereocenters. The van der Waals surface area contributed by atoms with Crippen molar-refractivity contribution in [2.45, 2.75) is 25.9 Å². The van der Waals surface area contributed by atoms with Crippen molar-refractivity contribution in [3.63, 3.8) is 0 Å². The zero-order valence-electron chi connectivity index (χ0n) is 10.0. The SMILES string of the molecule is CCC(O)Cc1ccc([N+](=O)[O-])c2ncccc12. The lowest BCUT2D eigenvalue weighted by atomic mass is 10.0. The topological polar surface area (TPSA) is 76.3 Å². The summed E-state index contributed by atoms with van der Waals surface area (Å²) in [4.78, 5) is 14.6.